The molecule has 6 nitrogen and oxygen atoms in total. The number of Topliss-reactive ketones (excluding diaryl/α,β-unsaturated/α-hetero) is 2. The maximum Gasteiger partial charge on any atom is 0.178 e. The van der Waals surface area contributed by atoms with Crippen LogP contribution in [0.1, 0.15) is 37.0 Å². The number of nitrogens with one attached hydrogen (secondary N) is 1. The Morgan fingerprint density at radius 1 is 1.31 bits per heavy atom. The highest BCUT2D eigenvalue weighted by atomic mass is 35.5. The van der Waals surface area contributed by atoms with Gasteiger partial charge >= 0.3 is 0 Å². The van der Waals surface area contributed by atoms with E-state index in [0.29, 0.717) is 6.61 Å². The van der Waals surface area contributed by atoms with Gasteiger partial charge in [-0.2, -0.15) is 0 Å². The molecule has 1 saturated heterocycles. The number of halogens is 1. The Labute approximate surface area is 158 Å². The predicted octanol–water partition coefficient (Wildman–Crippen LogP) is 2.25. The molecule has 1 aliphatic heterocycles. The molecule has 0 spiro atoms. The van der Waals surface area contributed by atoms with Gasteiger partial charge in [0.2, 0.25) is 0 Å². The van der Waals surface area contributed by atoms with Crippen LogP contribution < -0.4 is 5.32 Å². The Bertz CT molecular complexity index is 860. The van der Waals surface area contributed by atoms with Crippen LogP contribution in [0.5, 0.6) is 0 Å². The molecule has 142 valence electrons. The molecule has 2 unspecified atom stereocenters. The Morgan fingerprint density at radius 2 is 1.96 bits per heavy atom. The fourth-order valence-corrected chi connectivity index (χ4v) is 4.06. The number of rotatable bonds is 6. The van der Waals surface area contributed by atoms with Gasteiger partial charge < -0.3 is 4.74 Å². The van der Waals surface area contributed by atoms with E-state index in [2.05, 4.69) is 5.32 Å². The molecule has 1 heterocycles. The Hall–Kier alpha value is -1.28. The zero-order valence-electron chi connectivity index (χ0n) is 14.9. The summed E-state index contributed by atoms with van der Waals surface area (Å²) in [6.45, 7) is 4.26. The number of sulfone groups is 1. The predicted molar refractivity (Wildman–Crippen MR) is 97.1 cm³/mol. The third-order valence-corrected chi connectivity index (χ3v) is 6.09. The van der Waals surface area contributed by atoms with E-state index in [1.54, 1.807) is 0 Å². The molecular weight excluding hydrogens is 378 g/mol. The first kappa shape index (κ1) is 19.5. The SMILES string of the molecule is CC1(C)COC(C(C(=O)c2ccc(S(C)(=O)=O)cc2Cl)C(=O)C2CC2)N1. The average Bonchev–Trinajstić information content (AvgIpc) is 3.31. The molecule has 26 heavy (non-hydrogen) atoms. The van der Waals surface area contributed by atoms with E-state index in [1.807, 2.05) is 13.8 Å². The van der Waals surface area contributed by atoms with Gasteiger partial charge in [-0.25, -0.2) is 8.42 Å². The van der Waals surface area contributed by atoms with Crippen molar-refractivity contribution in [2.75, 3.05) is 12.9 Å². The van der Waals surface area contributed by atoms with Crippen molar-refractivity contribution in [1.29, 1.82) is 0 Å². The van der Waals surface area contributed by atoms with Crippen molar-refractivity contribution in [3.05, 3.63) is 28.8 Å². The Balaban J connectivity index is 1.94. The number of benzene rings is 1. The van der Waals surface area contributed by atoms with Crippen molar-refractivity contribution in [2.24, 2.45) is 11.8 Å². The van der Waals surface area contributed by atoms with E-state index >= 15 is 0 Å². The third kappa shape index (κ3) is 4.01. The van der Waals surface area contributed by atoms with E-state index in [4.69, 9.17) is 16.3 Å². The van der Waals surface area contributed by atoms with Gasteiger partial charge in [-0.15, -0.1) is 0 Å². The molecule has 1 saturated carbocycles. The van der Waals surface area contributed by atoms with Crippen LogP contribution in [0.25, 0.3) is 0 Å². The molecule has 0 radical (unpaired) electrons. The normalized spacial score (nSPS) is 23.6. The smallest absolute Gasteiger partial charge is 0.178 e. The lowest BCUT2D eigenvalue weighted by molar-refractivity contribution is -0.126. The highest BCUT2D eigenvalue weighted by molar-refractivity contribution is 7.90. The van der Waals surface area contributed by atoms with E-state index in [9.17, 15) is 18.0 Å². The van der Waals surface area contributed by atoms with Crippen LogP contribution >= 0.6 is 11.6 Å². The van der Waals surface area contributed by atoms with Crippen molar-refractivity contribution < 1.29 is 22.7 Å². The van der Waals surface area contributed by atoms with Crippen molar-refractivity contribution in [1.82, 2.24) is 5.32 Å². The van der Waals surface area contributed by atoms with Gasteiger partial charge in [0.1, 0.15) is 12.1 Å². The van der Waals surface area contributed by atoms with Gasteiger partial charge in [-0.05, 0) is 44.9 Å². The van der Waals surface area contributed by atoms with Gasteiger partial charge in [-0.3, -0.25) is 14.9 Å². The van der Waals surface area contributed by atoms with Crippen LogP contribution in [0.15, 0.2) is 23.1 Å². The molecule has 2 atom stereocenters. The molecule has 3 rings (SSSR count). The second-order valence-electron chi connectivity index (χ2n) is 7.69. The van der Waals surface area contributed by atoms with Crippen LogP contribution in [-0.2, 0) is 19.4 Å². The minimum Gasteiger partial charge on any atom is -0.360 e. The van der Waals surface area contributed by atoms with Gasteiger partial charge in [-0.1, -0.05) is 11.6 Å². The first-order valence-electron chi connectivity index (χ1n) is 8.46. The molecule has 1 aliphatic carbocycles. The monoisotopic (exact) mass is 399 g/mol. The fraction of sp³-hybridized carbons (Fsp3) is 0.556. The van der Waals surface area contributed by atoms with Crippen LogP contribution in [0.3, 0.4) is 0 Å². The van der Waals surface area contributed by atoms with Gasteiger partial charge in [0.05, 0.1) is 16.5 Å². The first-order chi connectivity index (χ1) is 12.0. The summed E-state index contributed by atoms with van der Waals surface area (Å²) in [7, 11) is -3.44. The highest BCUT2D eigenvalue weighted by Gasteiger charge is 2.47. The molecule has 0 amide bonds. The largest absolute Gasteiger partial charge is 0.360 e. The number of hydrogen-bond acceptors (Lipinski definition) is 6. The minimum absolute atomic E-state index is 0.0174. The Morgan fingerprint density at radius 3 is 2.42 bits per heavy atom. The quantitative estimate of drug-likeness (QED) is 0.583. The summed E-state index contributed by atoms with van der Waals surface area (Å²) in [5, 5.41) is 3.21. The van der Waals surface area contributed by atoms with Crippen LogP contribution in [0.4, 0.5) is 0 Å². The van der Waals surface area contributed by atoms with Crippen molar-refractivity contribution in [2.45, 2.75) is 43.4 Å². The topological polar surface area (TPSA) is 89.5 Å². The maximum absolute atomic E-state index is 13.1. The molecule has 0 aromatic heterocycles. The number of carbonyl (C=O) groups excluding carboxylic acids is 2. The van der Waals surface area contributed by atoms with Crippen LogP contribution in [-0.4, -0.2) is 44.6 Å². The summed E-state index contributed by atoms with van der Waals surface area (Å²) >= 11 is 6.18. The zero-order chi connectivity index (χ0) is 19.3. The van der Waals surface area contributed by atoms with E-state index in [0.717, 1.165) is 19.1 Å². The molecule has 1 aromatic rings. The summed E-state index contributed by atoms with van der Waals surface area (Å²) in [4.78, 5) is 25.9. The molecule has 1 N–H and O–H groups in total. The van der Waals surface area contributed by atoms with Gasteiger partial charge in [0.25, 0.3) is 0 Å². The summed E-state index contributed by atoms with van der Waals surface area (Å²) in [6.07, 6.45) is 1.91. The number of carbonyl (C=O) groups is 2. The molecule has 0 bridgehead atoms. The summed E-state index contributed by atoms with van der Waals surface area (Å²) in [5.41, 5.74) is -0.204. The van der Waals surface area contributed by atoms with Crippen molar-refractivity contribution >= 4 is 33.0 Å². The average molecular weight is 400 g/mol. The number of hydrogen-bond donors (Lipinski definition) is 1. The van der Waals surface area contributed by atoms with E-state index in [1.165, 1.54) is 18.2 Å². The van der Waals surface area contributed by atoms with Crippen LogP contribution in [0, 0.1) is 11.8 Å². The molecule has 8 heteroatoms. The lowest BCUT2D eigenvalue weighted by Crippen LogP contribution is -2.47. The zero-order valence-corrected chi connectivity index (χ0v) is 16.5. The number of ether oxygens (including phenoxy) is 1. The lowest BCUT2D eigenvalue weighted by atomic mass is 9.89. The second-order valence-corrected chi connectivity index (χ2v) is 10.1. The van der Waals surface area contributed by atoms with E-state index in [-0.39, 0.29) is 32.7 Å². The highest BCUT2D eigenvalue weighted by Crippen LogP contribution is 2.36. The first-order valence-corrected chi connectivity index (χ1v) is 10.7. The van der Waals surface area contributed by atoms with Gasteiger partial charge in [0, 0.05) is 23.3 Å². The van der Waals surface area contributed by atoms with Crippen molar-refractivity contribution in [3.63, 3.8) is 0 Å². The maximum atomic E-state index is 13.1. The van der Waals surface area contributed by atoms with Crippen molar-refractivity contribution in [3.8, 4) is 0 Å². The molecule has 1 aromatic carbocycles. The molecular formula is C18H22ClNO5S. The minimum atomic E-state index is -3.44. The molecule has 2 aliphatic rings. The summed E-state index contributed by atoms with van der Waals surface area (Å²) in [5.74, 6) is -1.70. The molecule has 2 fully saturated rings. The summed E-state index contributed by atoms with van der Waals surface area (Å²) < 4.78 is 29.0. The number of ketones is 2. The lowest BCUT2D eigenvalue weighted by Gasteiger charge is -2.23. The van der Waals surface area contributed by atoms with E-state index < -0.39 is 27.8 Å². The standard InChI is InChI=1S/C18H22ClNO5S/c1-18(2)9-25-17(20-18)14(15(21)10-4-5-10)16(22)12-7-6-11(8-13(12)19)26(3,23)24/h6-8,10,14,17,20H,4-5,9H2,1-3H3. The Kier molecular flexibility index (Phi) is 5.03. The van der Waals surface area contributed by atoms with Crippen LogP contribution in [0.2, 0.25) is 5.02 Å². The summed E-state index contributed by atoms with van der Waals surface area (Å²) in [6, 6.07) is 3.95. The third-order valence-electron chi connectivity index (χ3n) is 4.66. The van der Waals surface area contributed by atoms with Gasteiger partial charge in [0.15, 0.2) is 21.4 Å². The fourth-order valence-electron chi connectivity index (χ4n) is 3.08. The second kappa shape index (κ2) is 6.71.